The summed E-state index contributed by atoms with van der Waals surface area (Å²) in [5.41, 5.74) is 1.15. The Hall–Kier alpha value is -2.22. The highest BCUT2D eigenvalue weighted by molar-refractivity contribution is 5.93. The van der Waals surface area contributed by atoms with Crippen molar-refractivity contribution in [1.29, 1.82) is 0 Å². The van der Waals surface area contributed by atoms with Crippen LogP contribution in [0, 0.1) is 10.1 Å². The minimum atomic E-state index is -0.498. The van der Waals surface area contributed by atoms with E-state index in [4.69, 9.17) is 0 Å². The van der Waals surface area contributed by atoms with Gasteiger partial charge in [0.1, 0.15) is 0 Å². The number of aromatic nitrogens is 2. The summed E-state index contributed by atoms with van der Waals surface area (Å²) in [6.07, 6.45) is 0.955. The molecule has 102 valence electrons. The zero-order chi connectivity index (χ0) is 13.8. The quantitative estimate of drug-likeness (QED) is 0.480. The Labute approximate surface area is 109 Å². The second-order valence-corrected chi connectivity index (χ2v) is 4.43. The number of nitrogens with one attached hydrogen (secondary N) is 1. The molecule has 0 saturated heterocycles. The summed E-state index contributed by atoms with van der Waals surface area (Å²) >= 11 is 0. The number of non-ortho nitro benzene ring substituents is 1. The van der Waals surface area contributed by atoms with Gasteiger partial charge in [-0.3, -0.25) is 10.1 Å². The number of nitrogens with zero attached hydrogens (tertiary/aromatic N) is 4. The monoisotopic (exact) mass is 265 g/mol. The van der Waals surface area contributed by atoms with Gasteiger partial charge < -0.3 is 10.2 Å². The minimum Gasteiger partial charge on any atom is -0.383 e. The van der Waals surface area contributed by atoms with Crippen LogP contribution in [0.3, 0.4) is 0 Å². The smallest absolute Gasteiger partial charge is 0.300 e. The Bertz CT molecular complexity index is 581. The second kappa shape index (κ2) is 5.61. The van der Waals surface area contributed by atoms with E-state index in [0.29, 0.717) is 11.2 Å². The number of nitro benzene ring substituents is 1. The van der Waals surface area contributed by atoms with Crippen molar-refractivity contribution in [2.24, 2.45) is 0 Å². The van der Waals surface area contributed by atoms with E-state index in [1.807, 2.05) is 14.1 Å². The minimum absolute atomic E-state index is 0.102. The number of hydrogen-bond acceptors (Lipinski definition) is 7. The van der Waals surface area contributed by atoms with Crippen LogP contribution in [0.25, 0.3) is 11.0 Å². The molecule has 8 nitrogen and oxygen atoms in total. The maximum atomic E-state index is 10.8. The van der Waals surface area contributed by atoms with Crippen molar-refractivity contribution < 1.29 is 9.55 Å². The van der Waals surface area contributed by atoms with Crippen molar-refractivity contribution in [3.8, 4) is 0 Å². The van der Waals surface area contributed by atoms with Crippen molar-refractivity contribution in [3.63, 3.8) is 0 Å². The number of anilines is 1. The van der Waals surface area contributed by atoms with Gasteiger partial charge in [0.15, 0.2) is 5.52 Å². The van der Waals surface area contributed by atoms with Gasteiger partial charge in [-0.05, 0) is 43.4 Å². The Balaban J connectivity index is 2.14. The largest absolute Gasteiger partial charge is 0.383 e. The molecule has 1 aromatic carbocycles. The predicted molar refractivity (Wildman–Crippen MR) is 70.1 cm³/mol. The van der Waals surface area contributed by atoms with E-state index in [-0.39, 0.29) is 11.2 Å². The lowest BCUT2D eigenvalue weighted by atomic mass is 10.2. The van der Waals surface area contributed by atoms with Gasteiger partial charge in [0.05, 0.1) is 10.6 Å². The average Bonchev–Trinajstić information content (AvgIpc) is 2.83. The van der Waals surface area contributed by atoms with E-state index in [0.717, 1.165) is 19.5 Å². The first kappa shape index (κ1) is 13.2. The first-order chi connectivity index (χ1) is 9.09. The van der Waals surface area contributed by atoms with Gasteiger partial charge in [0.2, 0.25) is 5.52 Å². The van der Waals surface area contributed by atoms with E-state index in [2.05, 4.69) is 25.2 Å². The van der Waals surface area contributed by atoms with Crippen LogP contribution in [-0.4, -0.2) is 47.3 Å². The molecule has 0 saturated carbocycles. The van der Waals surface area contributed by atoms with Crippen LogP contribution in [0.2, 0.25) is 0 Å². The average molecular weight is 265 g/mol. The molecule has 0 atom stereocenters. The van der Waals surface area contributed by atoms with Crippen LogP contribution >= 0.6 is 0 Å². The third-order valence-electron chi connectivity index (χ3n) is 2.69. The van der Waals surface area contributed by atoms with Crippen molar-refractivity contribution in [3.05, 3.63) is 22.2 Å². The van der Waals surface area contributed by atoms with Crippen LogP contribution in [0.15, 0.2) is 16.8 Å². The number of fused-ring (bicyclic) bond motifs is 1. The van der Waals surface area contributed by atoms with Crippen LogP contribution in [0.1, 0.15) is 6.42 Å². The molecule has 8 heteroatoms. The lowest BCUT2D eigenvalue weighted by Gasteiger charge is -2.10. The topological polar surface area (TPSA) is 97.3 Å². The lowest BCUT2D eigenvalue weighted by Crippen LogP contribution is -2.16. The molecule has 1 aromatic heterocycles. The van der Waals surface area contributed by atoms with Crippen molar-refractivity contribution >= 4 is 22.4 Å². The Morgan fingerprint density at radius 1 is 1.37 bits per heavy atom. The van der Waals surface area contributed by atoms with Gasteiger partial charge >= 0.3 is 5.69 Å². The Morgan fingerprint density at radius 3 is 2.79 bits per heavy atom. The standard InChI is InChI=1S/C11H15N5O3/c1-15(2)7-3-6-12-8-4-5-9(16(17)18)11-10(8)13-19-14-11/h4-5,12H,3,6-7H2,1-2H3. The number of nitro groups is 1. The van der Waals surface area contributed by atoms with Gasteiger partial charge in [-0.2, -0.15) is 0 Å². The molecule has 2 rings (SSSR count). The molecule has 0 aliphatic rings. The molecule has 0 aliphatic carbocycles. The fraction of sp³-hybridized carbons (Fsp3) is 0.455. The molecule has 0 bridgehead atoms. The highest BCUT2D eigenvalue weighted by Gasteiger charge is 2.19. The molecule has 0 radical (unpaired) electrons. The molecule has 1 N–H and O–H groups in total. The number of rotatable bonds is 6. The van der Waals surface area contributed by atoms with Crippen molar-refractivity contribution in [2.45, 2.75) is 6.42 Å². The third kappa shape index (κ3) is 2.97. The van der Waals surface area contributed by atoms with Gasteiger partial charge in [0.25, 0.3) is 0 Å². The maximum Gasteiger partial charge on any atom is 0.300 e. The predicted octanol–water partition coefficient (Wildman–Crippen LogP) is 1.49. The molecule has 2 aromatic rings. The number of benzene rings is 1. The third-order valence-corrected chi connectivity index (χ3v) is 2.69. The highest BCUT2D eigenvalue weighted by atomic mass is 16.6. The molecular weight excluding hydrogens is 250 g/mol. The highest BCUT2D eigenvalue weighted by Crippen LogP contribution is 2.28. The van der Waals surface area contributed by atoms with Crippen LogP contribution in [-0.2, 0) is 0 Å². The summed E-state index contributed by atoms with van der Waals surface area (Å²) < 4.78 is 4.59. The summed E-state index contributed by atoms with van der Waals surface area (Å²) in [5.74, 6) is 0. The van der Waals surface area contributed by atoms with E-state index >= 15 is 0 Å². The van der Waals surface area contributed by atoms with Gasteiger partial charge in [-0.15, -0.1) is 0 Å². The molecule has 0 fully saturated rings. The van der Waals surface area contributed by atoms with Gasteiger partial charge in [0, 0.05) is 12.6 Å². The fourth-order valence-electron chi connectivity index (χ4n) is 1.76. The number of hydrogen-bond donors (Lipinski definition) is 1. The van der Waals surface area contributed by atoms with Gasteiger partial charge in [-0.1, -0.05) is 0 Å². The van der Waals surface area contributed by atoms with Crippen molar-refractivity contribution in [2.75, 3.05) is 32.5 Å². The first-order valence-corrected chi connectivity index (χ1v) is 5.88. The van der Waals surface area contributed by atoms with Crippen LogP contribution < -0.4 is 5.32 Å². The molecule has 1 heterocycles. The van der Waals surface area contributed by atoms with Gasteiger partial charge in [-0.25, -0.2) is 4.63 Å². The van der Waals surface area contributed by atoms with E-state index in [1.165, 1.54) is 6.07 Å². The molecule has 0 unspecified atom stereocenters. The molecule has 0 amide bonds. The Morgan fingerprint density at radius 2 is 2.11 bits per heavy atom. The fourth-order valence-corrected chi connectivity index (χ4v) is 1.76. The van der Waals surface area contributed by atoms with E-state index in [1.54, 1.807) is 6.07 Å². The van der Waals surface area contributed by atoms with E-state index < -0.39 is 4.92 Å². The Kier molecular flexibility index (Phi) is 3.91. The lowest BCUT2D eigenvalue weighted by molar-refractivity contribution is -0.383. The molecule has 0 spiro atoms. The second-order valence-electron chi connectivity index (χ2n) is 4.43. The van der Waals surface area contributed by atoms with Crippen LogP contribution in [0.4, 0.5) is 11.4 Å². The molecule has 0 aliphatic heterocycles. The molecular formula is C11H15N5O3. The van der Waals surface area contributed by atoms with Crippen LogP contribution in [0.5, 0.6) is 0 Å². The normalized spacial score (nSPS) is 11.1. The summed E-state index contributed by atoms with van der Waals surface area (Å²) in [6.45, 7) is 1.71. The first-order valence-electron chi connectivity index (χ1n) is 5.88. The summed E-state index contributed by atoms with van der Waals surface area (Å²) in [7, 11) is 4.01. The maximum absolute atomic E-state index is 10.8. The SMILES string of the molecule is CN(C)CCCNc1ccc([N+](=O)[O-])c2nonc12. The zero-order valence-electron chi connectivity index (χ0n) is 10.8. The molecule has 19 heavy (non-hydrogen) atoms. The summed E-state index contributed by atoms with van der Waals surface area (Å²) in [5, 5.41) is 21.3. The van der Waals surface area contributed by atoms with Crippen molar-refractivity contribution in [1.82, 2.24) is 15.2 Å². The van der Waals surface area contributed by atoms with E-state index in [9.17, 15) is 10.1 Å². The summed E-state index contributed by atoms with van der Waals surface area (Å²) in [4.78, 5) is 12.4. The zero-order valence-corrected chi connectivity index (χ0v) is 10.8. The summed E-state index contributed by atoms with van der Waals surface area (Å²) in [6, 6.07) is 3.03.